The molecule has 2 nitrogen and oxygen atoms in total. The van der Waals surface area contributed by atoms with Crippen molar-refractivity contribution in [2.24, 2.45) is 0 Å². The van der Waals surface area contributed by atoms with Gasteiger partial charge in [-0.15, -0.1) is 0 Å². The fraction of sp³-hybridized carbons (Fsp3) is 1.00. The summed E-state index contributed by atoms with van der Waals surface area (Å²) >= 11 is 0. The van der Waals surface area contributed by atoms with E-state index in [2.05, 4.69) is 12.2 Å². The second-order valence-corrected chi connectivity index (χ2v) is 3.79. The van der Waals surface area contributed by atoms with Gasteiger partial charge in [-0.05, 0) is 25.8 Å². The Morgan fingerprint density at radius 2 is 1.75 bits per heavy atom. The highest BCUT2D eigenvalue weighted by atomic mass is 19.4. The molecule has 0 fully saturated rings. The lowest BCUT2D eigenvalue weighted by molar-refractivity contribution is -0.135. The van der Waals surface area contributed by atoms with Gasteiger partial charge in [0, 0.05) is 19.6 Å². The van der Waals surface area contributed by atoms with Crippen LogP contribution in [-0.2, 0) is 4.74 Å². The maximum absolute atomic E-state index is 11.8. The summed E-state index contributed by atoms with van der Waals surface area (Å²) in [4.78, 5) is 0. The van der Waals surface area contributed by atoms with Gasteiger partial charge >= 0.3 is 6.18 Å². The van der Waals surface area contributed by atoms with E-state index in [0.29, 0.717) is 19.6 Å². The predicted octanol–water partition coefficient (Wildman–Crippen LogP) is 3.13. The Morgan fingerprint density at radius 1 is 1.00 bits per heavy atom. The molecule has 0 aromatic carbocycles. The highest BCUT2D eigenvalue weighted by molar-refractivity contribution is 4.53. The molecule has 0 unspecified atom stereocenters. The van der Waals surface area contributed by atoms with Crippen molar-refractivity contribution < 1.29 is 17.9 Å². The number of halogens is 3. The molecule has 16 heavy (non-hydrogen) atoms. The zero-order valence-corrected chi connectivity index (χ0v) is 9.91. The van der Waals surface area contributed by atoms with Gasteiger partial charge in [-0.1, -0.05) is 13.3 Å². The van der Waals surface area contributed by atoms with E-state index in [9.17, 15) is 13.2 Å². The van der Waals surface area contributed by atoms with Crippen LogP contribution in [0.4, 0.5) is 13.2 Å². The minimum atomic E-state index is -4.01. The predicted molar refractivity (Wildman–Crippen MR) is 58.5 cm³/mol. The third-order valence-electron chi connectivity index (χ3n) is 2.13. The summed E-state index contributed by atoms with van der Waals surface area (Å²) in [6.07, 6.45) is -1.75. The van der Waals surface area contributed by atoms with Crippen molar-refractivity contribution in [1.82, 2.24) is 5.32 Å². The first-order valence-corrected chi connectivity index (χ1v) is 5.91. The van der Waals surface area contributed by atoms with Crippen molar-refractivity contribution in [1.29, 1.82) is 0 Å². The van der Waals surface area contributed by atoms with Crippen LogP contribution in [-0.4, -0.2) is 32.5 Å². The molecule has 1 N–H and O–H groups in total. The molecule has 0 bridgehead atoms. The van der Waals surface area contributed by atoms with Crippen molar-refractivity contribution in [3.63, 3.8) is 0 Å². The van der Waals surface area contributed by atoms with Crippen LogP contribution in [0.2, 0.25) is 0 Å². The molecule has 0 radical (unpaired) electrons. The number of hydrogen-bond donors (Lipinski definition) is 1. The first-order valence-electron chi connectivity index (χ1n) is 5.91. The third kappa shape index (κ3) is 13.7. The molecule has 0 saturated heterocycles. The molecule has 0 saturated carbocycles. The van der Waals surface area contributed by atoms with Gasteiger partial charge in [0.1, 0.15) is 0 Å². The summed E-state index contributed by atoms with van der Waals surface area (Å²) in [6.45, 7) is 4.86. The van der Waals surface area contributed by atoms with E-state index in [-0.39, 0.29) is 6.42 Å². The second-order valence-electron chi connectivity index (χ2n) is 3.79. The number of unbranched alkanes of at least 4 members (excludes halogenated alkanes) is 2. The average molecular weight is 241 g/mol. The fourth-order valence-electron chi connectivity index (χ4n) is 1.19. The van der Waals surface area contributed by atoms with E-state index in [1.165, 1.54) is 0 Å². The van der Waals surface area contributed by atoms with E-state index in [0.717, 1.165) is 26.0 Å². The third-order valence-corrected chi connectivity index (χ3v) is 2.13. The number of ether oxygens (including phenoxy) is 1. The molecule has 5 heteroatoms. The van der Waals surface area contributed by atoms with Crippen LogP contribution in [0.5, 0.6) is 0 Å². The standard InChI is InChI=1S/C11H22F3NO/c1-2-3-9-16-10-8-15-7-5-4-6-11(12,13)14/h15H,2-10H2,1H3. The van der Waals surface area contributed by atoms with Gasteiger partial charge in [-0.3, -0.25) is 0 Å². The Labute approximate surface area is 95.5 Å². The summed E-state index contributed by atoms with van der Waals surface area (Å²) < 4.78 is 40.6. The van der Waals surface area contributed by atoms with Crippen LogP contribution >= 0.6 is 0 Å². The molecule has 98 valence electrons. The Morgan fingerprint density at radius 3 is 2.38 bits per heavy atom. The SMILES string of the molecule is CCCCOCCNCCCCC(F)(F)F. The van der Waals surface area contributed by atoms with Crippen LogP contribution in [0.1, 0.15) is 39.0 Å². The summed E-state index contributed by atoms with van der Waals surface area (Å²) in [5.74, 6) is 0. The number of nitrogens with one attached hydrogen (secondary N) is 1. The minimum Gasteiger partial charge on any atom is -0.380 e. The molecular formula is C11H22F3NO. The van der Waals surface area contributed by atoms with Gasteiger partial charge in [0.25, 0.3) is 0 Å². The topological polar surface area (TPSA) is 21.3 Å². The van der Waals surface area contributed by atoms with Crippen molar-refractivity contribution in [2.75, 3.05) is 26.3 Å². The van der Waals surface area contributed by atoms with Gasteiger partial charge in [0.15, 0.2) is 0 Å². The summed E-state index contributed by atoms with van der Waals surface area (Å²) in [5, 5.41) is 3.06. The van der Waals surface area contributed by atoms with Gasteiger partial charge < -0.3 is 10.1 Å². The Balaban J connectivity index is 2.99. The first kappa shape index (κ1) is 15.7. The molecule has 0 spiro atoms. The molecule has 0 atom stereocenters. The van der Waals surface area contributed by atoms with Crippen molar-refractivity contribution in [2.45, 2.75) is 45.2 Å². The van der Waals surface area contributed by atoms with Crippen LogP contribution in [0.15, 0.2) is 0 Å². The molecule has 0 aliphatic heterocycles. The normalized spacial score (nSPS) is 12.0. The van der Waals surface area contributed by atoms with E-state index < -0.39 is 12.6 Å². The van der Waals surface area contributed by atoms with E-state index >= 15 is 0 Å². The molecule has 0 aliphatic carbocycles. The smallest absolute Gasteiger partial charge is 0.380 e. The maximum Gasteiger partial charge on any atom is 0.389 e. The van der Waals surface area contributed by atoms with Gasteiger partial charge in [0.2, 0.25) is 0 Å². The summed E-state index contributed by atoms with van der Waals surface area (Å²) in [7, 11) is 0. The monoisotopic (exact) mass is 241 g/mol. The highest BCUT2D eigenvalue weighted by Gasteiger charge is 2.25. The lowest BCUT2D eigenvalue weighted by atomic mass is 10.2. The molecule has 0 amide bonds. The Kier molecular flexibility index (Phi) is 9.72. The van der Waals surface area contributed by atoms with Crippen LogP contribution in [0.25, 0.3) is 0 Å². The second kappa shape index (κ2) is 9.90. The van der Waals surface area contributed by atoms with Crippen LogP contribution in [0.3, 0.4) is 0 Å². The van der Waals surface area contributed by atoms with Gasteiger partial charge in [0.05, 0.1) is 6.61 Å². The lowest BCUT2D eigenvalue weighted by Crippen LogP contribution is -2.21. The van der Waals surface area contributed by atoms with Gasteiger partial charge in [-0.2, -0.15) is 13.2 Å². The quantitative estimate of drug-likeness (QED) is 0.593. The largest absolute Gasteiger partial charge is 0.389 e. The molecule has 0 aromatic heterocycles. The Bertz CT molecular complexity index is 151. The molecule has 0 rings (SSSR count). The van der Waals surface area contributed by atoms with Crippen LogP contribution in [0, 0.1) is 0 Å². The minimum absolute atomic E-state index is 0.202. The summed E-state index contributed by atoms with van der Waals surface area (Å²) in [5.41, 5.74) is 0. The van der Waals surface area contributed by atoms with E-state index in [1.807, 2.05) is 0 Å². The number of rotatable bonds is 10. The molecular weight excluding hydrogens is 219 g/mol. The van der Waals surface area contributed by atoms with E-state index in [4.69, 9.17) is 4.74 Å². The van der Waals surface area contributed by atoms with Crippen molar-refractivity contribution in [3.8, 4) is 0 Å². The van der Waals surface area contributed by atoms with Crippen LogP contribution < -0.4 is 5.32 Å². The highest BCUT2D eigenvalue weighted by Crippen LogP contribution is 2.21. The number of alkyl halides is 3. The number of hydrogen-bond acceptors (Lipinski definition) is 2. The Hall–Kier alpha value is -0.290. The molecule has 0 aromatic rings. The molecule has 0 heterocycles. The molecule has 0 aliphatic rings. The maximum atomic E-state index is 11.8. The van der Waals surface area contributed by atoms with E-state index in [1.54, 1.807) is 0 Å². The zero-order chi connectivity index (χ0) is 12.3. The average Bonchev–Trinajstić information content (AvgIpc) is 2.19. The van der Waals surface area contributed by atoms with Crippen molar-refractivity contribution >= 4 is 0 Å². The lowest BCUT2D eigenvalue weighted by Gasteiger charge is -2.07. The first-order chi connectivity index (χ1) is 7.56. The fourth-order valence-corrected chi connectivity index (χ4v) is 1.19. The zero-order valence-electron chi connectivity index (χ0n) is 9.91. The van der Waals surface area contributed by atoms with Gasteiger partial charge in [-0.25, -0.2) is 0 Å². The summed E-state index contributed by atoms with van der Waals surface area (Å²) in [6, 6.07) is 0. The van der Waals surface area contributed by atoms with Crippen molar-refractivity contribution in [3.05, 3.63) is 0 Å².